The number of rotatable bonds is 8. The summed E-state index contributed by atoms with van der Waals surface area (Å²) in [5.41, 5.74) is 3.32. The Hall–Kier alpha value is -2.82. The molecule has 1 saturated heterocycles. The molecule has 0 unspecified atom stereocenters. The molecule has 0 bridgehead atoms. The lowest BCUT2D eigenvalue weighted by molar-refractivity contribution is 0.0953. The molecular weight excluding hydrogens is 408 g/mol. The van der Waals surface area contributed by atoms with Crippen molar-refractivity contribution in [3.8, 4) is 23.2 Å². The monoisotopic (exact) mass is 434 g/mol. The molecule has 1 aliphatic heterocycles. The zero-order valence-corrected chi connectivity index (χ0v) is 18.6. The standard InChI is InChI=1S/C24H26N4O2S/c1-17-5-7-18(8-6-17)14-22(15-25)31-24-27-26-23(19-9-11-20(29-2)12-10-19)28(24)16-21-4-3-13-30-21/h5-12,21-22H,3-4,13-14,16H2,1-2H3/t21-,22-/m0/s1. The lowest BCUT2D eigenvalue weighted by Gasteiger charge is -2.16. The number of thioether (sulfide) groups is 1. The second-order valence-electron chi connectivity index (χ2n) is 7.71. The predicted molar refractivity (Wildman–Crippen MR) is 121 cm³/mol. The van der Waals surface area contributed by atoms with Crippen molar-refractivity contribution in [2.45, 2.75) is 49.2 Å². The Morgan fingerprint density at radius 2 is 1.97 bits per heavy atom. The molecule has 1 fully saturated rings. The Kier molecular flexibility index (Phi) is 6.90. The van der Waals surface area contributed by atoms with Gasteiger partial charge in [0.1, 0.15) is 11.0 Å². The first-order valence-corrected chi connectivity index (χ1v) is 11.4. The molecule has 31 heavy (non-hydrogen) atoms. The molecule has 6 nitrogen and oxygen atoms in total. The maximum Gasteiger partial charge on any atom is 0.192 e. The van der Waals surface area contributed by atoms with Crippen LogP contribution in [0.3, 0.4) is 0 Å². The largest absolute Gasteiger partial charge is 0.497 e. The Balaban J connectivity index is 1.59. The summed E-state index contributed by atoms with van der Waals surface area (Å²) in [6, 6.07) is 18.6. The number of aromatic nitrogens is 3. The lowest BCUT2D eigenvalue weighted by atomic mass is 10.1. The van der Waals surface area contributed by atoms with E-state index in [4.69, 9.17) is 9.47 Å². The van der Waals surface area contributed by atoms with E-state index in [1.54, 1.807) is 7.11 Å². The number of hydrogen-bond acceptors (Lipinski definition) is 6. The summed E-state index contributed by atoms with van der Waals surface area (Å²) in [5.74, 6) is 1.58. The third-order valence-corrected chi connectivity index (χ3v) is 6.48. The van der Waals surface area contributed by atoms with Gasteiger partial charge in [-0.05, 0) is 56.0 Å². The van der Waals surface area contributed by atoms with Crippen LogP contribution in [0.2, 0.25) is 0 Å². The normalized spacial score (nSPS) is 16.7. The highest BCUT2D eigenvalue weighted by Gasteiger charge is 2.24. The van der Waals surface area contributed by atoms with Crippen LogP contribution in [0.15, 0.2) is 53.7 Å². The van der Waals surface area contributed by atoms with E-state index in [1.165, 1.54) is 17.3 Å². The second kappa shape index (κ2) is 9.99. The number of nitriles is 1. The third-order valence-electron chi connectivity index (χ3n) is 5.41. The third kappa shape index (κ3) is 5.27. The molecule has 2 heterocycles. The second-order valence-corrected chi connectivity index (χ2v) is 8.88. The number of aryl methyl sites for hydroxylation is 1. The molecular formula is C24H26N4O2S. The van der Waals surface area contributed by atoms with Crippen LogP contribution in [0.4, 0.5) is 0 Å². The first-order valence-electron chi connectivity index (χ1n) is 10.5. The molecule has 0 radical (unpaired) electrons. The van der Waals surface area contributed by atoms with Crippen molar-refractivity contribution in [3.63, 3.8) is 0 Å². The number of benzene rings is 2. The Morgan fingerprint density at radius 1 is 1.19 bits per heavy atom. The molecule has 0 N–H and O–H groups in total. The van der Waals surface area contributed by atoms with Gasteiger partial charge in [-0.25, -0.2) is 0 Å². The van der Waals surface area contributed by atoms with Gasteiger partial charge < -0.3 is 9.47 Å². The highest BCUT2D eigenvalue weighted by atomic mass is 32.2. The summed E-state index contributed by atoms with van der Waals surface area (Å²) < 4.78 is 13.3. The minimum atomic E-state index is -0.251. The smallest absolute Gasteiger partial charge is 0.192 e. The number of methoxy groups -OCH3 is 1. The first-order chi connectivity index (χ1) is 15.2. The van der Waals surface area contributed by atoms with Gasteiger partial charge in [-0.15, -0.1) is 10.2 Å². The highest BCUT2D eigenvalue weighted by molar-refractivity contribution is 8.00. The van der Waals surface area contributed by atoms with Crippen molar-refractivity contribution in [2.75, 3.05) is 13.7 Å². The van der Waals surface area contributed by atoms with Crippen molar-refractivity contribution in [3.05, 3.63) is 59.7 Å². The maximum atomic E-state index is 9.79. The van der Waals surface area contributed by atoms with Gasteiger partial charge in [-0.2, -0.15) is 5.26 Å². The summed E-state index contributed by atoms with van der Waals surface area (Å²) in [5, 5.41) is 19.2. The fraction of sp³-hybridized carbons (Fsp3) is 0.375. The van der Waals surface area contributed by atoms with E-state index in [0.717, 1.165) is 47.3 Å². The molecule has 4 rings (SSSR count). The fourth-order valence-corrected chi connectivity index (χ4v) is 4.62. The summed E-state index contributed by atoms with van der Waals surface area (Å²) in [4.78, 5) is 0. The topological polar surface area (TPSA) is 73.0 Å². The minimum absolute atomic E-state index is 0.144. The maximum absolute atomic E-state index is 9.79. The first kappa shape index (κ1) is 21.4. The van der Waals surface area contributed by atoms with E-state index in [0.29, 0.717) is 13.0 Å². The molecule has 0 spiro atoms. The lowest BCUT2D eigenvalue weighted by Crippen LogP contribution is -2.17. The van der Waals surface area contributed by atoms with Crippen molar-refractivity contribution >= 4 is 11.8 Å². The molecule has 0 aliphatic carbocycles. The van der Waals surface area contributed by atoms with Crippen molar-refractivity contribution in [1.29, 1.82) is 5.26 Å². The summed E-state index contributed by atoms with van der Waals surface area (Å²) in [7, 11) is 1.65. The fourth-order valence-electron chi connectivity index (χ4n) is 3.67. The van der Waals surface area contributed by atoms with Gasteiger partial charge in [0.2, 0.25) is 0 Å². The predicted octanol–water partition coefficient (Wildman–Crippen LogP) is 4.67. The molecule has 0 amide bonds. The molecule has 1 aliphatic rings. The number of hydrogen-bond donors (Lipinski definition) is 0. The van der Waals surface area contributed by atoms with Crippen LogP contribution < -0.4 is 4.74 Å². The van der Waals surface area contributed by atoms with Crippen molar-refractivity contribution in [1.82, 2.24) is 14.8 Å². The number of ether oxygens (including phenoxy) is 2. The summed E-state index contributed by atoms with van der Waals surface area (Å²) in [6.45, 7) is 3.54. The van der Waals surface area contributed by atoms with Gasteiger partial charge in [0.25, 0.3) is 0 Å². The van der Waals surface area contributed by atoms with Gasteiger partial charge in [-0.1, -0.05) is 41.6 Å². The van der Waals surface area contributed by atoms with E-state index in [-0.39, 0.29) is 11.4 Å². The van der Waals surface area contributed by atoms with Crippen LogP contribution in [-0.2, 0) is 17.7 Å². The Labute approximate surface area is 187 Å². The minimum Gasteiger partial charge on any atom is -0.497 e. The molecule has 0 saturated carbocycles. The van der Waals surface area contributed by atoms with Crippen LogP contribution >= 0.6 is 11.8 Å². The van der Waals surface area contributed by atoms with E-state index in [1.807, 2.05) is 24.3 Å². The van der Waals surface area contributed by atoms with E-state index in [9.17, 15) is 5.26 Å². The molecule has 2 atom stereocenters. The molecule has 1 aromatic heterocycles. The zero-order chi connectivity index (χ0) is 21.6. The quantitative estimate of drug-likeness (QED) is 0.480. The van der Waals surface area contributed by atoms with E-state index < -0.39 is 0 Å². The Bertz CT molecular complexity index is 1030. The van der Waals surface area contributed by atoms with Crippen LogP contribution in [0, 0.1) is 18.3 Å². The van der Waals surface area contributed by atoms with Gasteiger partial charge in [0.05, 0.1) is 25.8 Å². The summed E-state index contributed by atoms with van der Waals surface area (Å²) in [6.07, 6.45) is 2.90. The van der Waals surface area contributed by atoms with Crippen molar-refractivity contribution in [2.24, 2.45) is 0 Å². The van der Waals surface area contributed by atoms with Gasteiger partial charge in [-0.3, -0.25) is 4.57 Å². The molecule has 3 aromatic rings. The average Bonchev–Trinajstić information content (AvgIpc) is 3.45. The van der Waals surface area contributed by atoms with E-state index >= 15 is 0 Å². The molecule has 160 valence electrons. The number of nitrogens with zero attached hydrogens (tertiary/aromatic N) is 4. The summed E-state index contributed by atoms with van der Waals surface area (Å²) >= 11 is 1.47. The molecule has 2 aromatic carbocycles. The highest BCUT2D eigenvalue weighted by Crippen LogP contribution is 2.30. The average molecular weight is 435 g/mol. The van der Waals surface area contributed by atoms with Crippen LogP contribution in [0.25, 0.3) is 11.4 Å². The van der Waals surface area contributed by atoms with Gasteiger partial charge in [0, 0.05) is 12.2 Å². The van der Waals surface area contributed by atoms with Crippen molar-refractivity contribution < 1.29 is 9.47 Å². The SMILES string of the molecule is COc1ccc(-c2nnc(S[C@H](C#N)Cc3ccc(C)cc3)n2C[C@@H]2CCCO2)cc1. The molecule has 7 heteroatoms. The van der Waals surface area contributed by atoms with Crippen LogP contribution in [0.1, 0.15) is 24.0 Å². The van der Waals surface area contributed by atoms with Crippen LogP contribution in [-0.4, -0.2) is 39.8 Å². The van der Waals surface area contributed by atoms with Gasteiger partial charge in [0.15, 0.2) is 11.0 Å². The van der Waals surface area contributed by atoms with Gasteiger partial charge >= 0.3 is 0 Å². The zero-order valence-electron chi connectivity index (χ0n) is 17.8. The van der Waals surface area contributed by atoms with E-state index in [2.05, 4.69) is 52.0 Å². The van der Waals surface area contributed by atoms with Crippen LogP contribution in [0.5, 0.6) is 5.75 Å². The Morgan fingerprint density at radius 3 is 2.61 bits per heavy atom.